The molecule has 8 nitrogen and oxygen atoms in total. The molecule has 0 bridgehead atoms. The van der Waals surface area contributed by atoms with E-state index in [2.05, 4.69) is 15.5 Å². The van der Waals surface area contributed by atoms with Gasteiger partial charge in [0.2, 0.25) is 10.0 Å². The highest BCUT2D eigenvalue weighted by atomic mass is 32.2. The number of anilines is 1. The minimum absolute atomic E-state index is 0.359. The number of benzene rings is 1. The topological polar surface area (TPSA) is 101 Å². The number of hydrogen-bond donors (Lipinski definition) is 1. The van der Waals surface area contributed by atoms with E-state index in [9.17, 15) is 13.2 Å². The van der Waals surface area contributed by atoms with Gasteiger partial charge in [0.05, 0.1) is 30.5 Å². The summed E-state index contributed by atoms with van der Waals surface area (Å²) in [5, 5.41) is 3.83. The lowest BCUT2D eigenvalue weighted by Crippen LogP contribution is -2.46. The molecule has 0 saturated carbocycles. The number of rotatable bonds is 8. The lowest BCUT2D eigenvalue weighted by molar-refractivity contribution is -0.121. The highest BCUT2D eigenvalue weighted by molar-refractivity contribution is 7.92. The van der Waals surface area contributed by atoms with E-state index < -0.39 is 22.0 Å². The van der Waals surface area contributed by atoms with Gasteiger partial charge in [-0.3, -0.25) is 14.1 Å². The molecular formula is C18H22N4O4S. The fraction of sp³-hybridized carbons (Fsp3) is 0.278. The molecule has 1 heterocycles. The molecule has 1 atom stereocenters. The quantitative estimate of drug-likeness (QED) is 0.547. The molecule has 1 amide bonds. The van der Waals surface area contributed by atoms with Crippen LogP contribution in [-0.4, -0.2) is 44.4 Å². The molecule has 27 heavy (non-hydrogen) atoms. The van der Waals surface area contributed by atoms with Crippen LogP contribution < -0.4 is 14.5 Å². The van der Waals surface area contributed by atoms with Gasteiger partial charge in [-0.05, 0) is 50.2 Å². The molecule has 0 aliphatic rings. The Hall–Kier alpha value is -2.94. The lowest BCUT2D eigenvalue weighted by atomic mass is 10.2. The van der Waals surface area contributed by atoms with Gasteiger partial charge < -0.3 is 4.74 Å². The van der Waals surface area contributed by atoms with Gasteiger partial charge in [0, 0.05) is 6.20 Å². The Morgan fingerprint density at radius 1 is 1.30 bits per heavy atom. The van der Waals surface area contributed by atoms with Gasteiger partial charge in [0.1, 0.15) is 11.8 Å². The Morgan fingerprint density at radius 3 is 2.56 bits per heavy atom. The summed E-state index contributed by atoms with van der Waals surface area (Å²) in [6.45, 7) is 3.85. The van der Waals surface area contributed by atoms with Crippen LogP contribution in [0.15, 0.2) is 53.8 Å². The first-order chi connectivity index (χ1) is 12.8. The van der Waals surface area contributed by atoms with Gasteiger partial charge in [0.25, 0.3) is 5.91 Å². The average Bonchev–Trinajstić information content (AvgIpc) is 2.63. The standard InChI is InChI=1S/C18H22N4O4S/c1-4-26-17-10-8-16(9-11-17)22(27(3,24)25)14(2)18(23)21-20-13-15-7-5-6-12-19-15/h5-14H,4H2,1-3H3,(H,21,23)/b20-13-/t14-/m1/s1. The second kappa shape index (κ2) is 9.13. The maximum atomic E-state index is 12.4. The highest BCUT2D eigenvalue weighted by Crippen LogP contribution is 2.24. The minimum atomic E-state index is -3.70. The van der Waals surface area contributed by atoms with Crippen LogP contribution in [0.3, 0.4) is 0 Å². The first kappa shape index (κ1) is 20.4. The second-order valence-corrected chi connectivity index (χ2v) is 7.51. The zero-order valence-electron chi connectivity index (χ0n) is 15.4. The first-order valence-electron chi connectivity index (χ1n) is 8.29. The molecule has 0 fully saturated rings. The largest absolute Gasteiger partial charge is 0.494 e. The Bertz CT molecular complexity index is 883. The summed E-state index contributed by atoms with van der Waals surface area (Å²) in [6, 6.07) is 10.8. The molecule has 0 aliphatic heterocycles. The minimum Gasteiger partial charge on any atom is -0.494 e. The van der Waals surface area contributed by atoms with E-state index in [0.717, 1.165) is 10.6 Å². The van der Waals surface area contributed by atoms with E-state index in [-0.39, 0.29) is 0 Å². The number of hydrazone groups is 1. The molecule has 0 radical (unpaired) electrons. The maximum Gasteiger partial charge on any atom is 0.263 e. The fourth-order valence-electron chi connectivity index (χ4n) is 2.37. The van der Waals surface area contributed by atoms with Crippen molar-refractivity contribution in [2.45, 2.75) is 19.9 Å². The number of nitrogens with zero attached hydrogens (tertiary/aromatic N) is 3. The van der Waals surface area contributed by atoms with Crippen LogP contribution >= 0.6 is 0 Å². The van der Waals surface area contributed by atoms with Gasteiger partial charge in [-0.2, -0.15) is 5.10 Å². The predicted molar refractivity (Wildman–Crippen MR) is 104 cm³/mol. The molecule has 144 valence electrons. The van der Waals surface area contributed by atoms with Crippen LogP contribution in [0.1, 0.15) is 19.5 Å². The Kier molecular flexibility index (Phi) is 6.89. The van der Waals surface area contributed by atoms with Crippen molar-refractivity contribution in [3.63, 3.8) is 0 Å². The SMILES string of the molecule is CCOc1ccc(N([C@H](C)C(=O)N/N=C\c2ccccn2)S(C)(=O)=O)cc1. The molecule has 1 aromatic carbocycles. The van der Waals surface area contributed by atoms with Crippen molar-refractivity contribution >= 4 is 27.8 Å². The molecular weight excluding hydrogens is 368 g/mol. The molecule has 1 aromatic heterocycles. The van der Waals surface area contributed by atoms with Crippen LogP contribution in [-0.2, 0) is 14.8 Å². The van der Waals surface area contributed by atoms with Gasteiger partial charge in [-0.25, -0.2) is 13.8 Å². The number of carbonyl (C=O) groups excluding carboxylic acids is 1. The molecule has 0 aliphatic carbocycles. The monoisotopic (exact) mass is 390 g/mol. The number of ether oxygens (including phenoxy) is 1. The Morgan fingerprint density at radius 2 is 2.00 bits per heavy atom. The molecule has 1 N–H and O–H groups in total. The van der Waals surface area contributed by atoms with Crippen molar-refractivity contribution in [2.75, 3.05) is 17.2 Å². The van der Waals surface area contributed by atoms with Crippen molar-refractivity contribution in [3.8, 4) is 5.75 Å². The molecule has 2 aromatic rings. The summed E-state index contributed by atoms with van der Waals surface area (Å²) in [7, 11) is -3.70. The van der Waals surface area contributed by atoms with Gasteiger partial charge in [-0.1, -0.05) is 6.07 Å². The number of nitrogens with one attached hydrogen (secondary N) is 1. The molecule has 0 unspecified atom stereocenters. The number of carbonyl (C=O) groups is 1. The van der Waals surface area contributed by atoms with E-state index in [1.54, 1.807) is 48.7 Å². The summed E-state index contributed by atoms with van der Waals surface area (Å²) < 4.78 is 30.9. The number of sulfonamides is 1. The van der Waals surface area contributed by atoms with Crippen molar-refractivity contribution < 1.29 is 17.9 Å². The van der Waals surface area contributed by atoms with E-state index >= 15 is 0 Å². The fourth-order valence-corrected chi connectivity index (χ4v) is 3.55. The molecule has 2 rings (SSSR count). The Labute approximate surface area is 158 Å². The maximum absolute atomic E-state index is 12.4. The summed E-state index contributed by atoms with van der Waals surface area (Å²) in [5.41, 5.74) is 3.27. The number of pyridine rings is 1. The van der Waals surface area contributed by atoms with Crippen LogP contribution in [0.25, 0.3) is 0 Å². The van der Waals surface area contributed by atoms with E-state index in [1.165, 1.54) is 13.1 Å². The van der Waals surface area contributed by atoms with Crippen LogP contribution in [0.5, 0.6) is 5.75 Å². The van der Waals surface area contributed by atoms with Crippen LogP contribution in [0.2, 0.25) is 0 Å². The number of hydrogen-bond acceptors (Lipinski definition) is 6. The summed E-state index contributed by atoms with van der Waals surface area (Å²) in [6.07, 6.45) is 4.03. The number of aromatic nitrogens is 1. The van der Waals surface area contributed by atoms with Crippen LogP contribution in [0, 0.1) is 0 Å². The average molecular weight is 390 g/mol. The second-order valence-electron chi connectivity index (χ2n) is 5.65. The van der Waals surface area contributed by atoms with Crippen molar-refractivity contribution in [1.29, 1.82) is 0 Å². The van der Waals surface area contributed by atoms with Crippen molar-refractivity contribution in [2.24, 2.45) is 5.10 Å². The Balaban J connectivity index is 2.15. The highest BCUT2D eigenvalue weighted by Gasteiger charge is 2.29. The molecule has 9 heteroatoms. The summed E-state index contributed by atoms with van der Waals surface area (Å²) in [4.78, 5) is 16.4. The summed E-state index contributed by atoms with van der Waals surface area (Å²) >= 11 is 0. The normalized spacial score (nSPS) is 12.6. The third kappa shape index (κ3) is 5.78. The van der Waals surface area contributed by atoms with E-state index in [1.807, 2.05) is 6.92 Å². The summed E-state index contributed by atoms with van der Waals surface area (Å²) in [5.74, 6) is 0.0493. The zero-order valence-corrected chi connectivity index (χ0v) is 16.2. The third-order valence-electron chi connectivity index (χ3n) is 3.55. The molecule has 0 saturated heterocycles. The van der Waals surface area contributed by atoms with E-state index in [4.69, 9.17) is 4.74 Å². The van der Waals surface area contributed by atoms with Gasteiger partial charge >= 0.3 is 0 Å². The van der Waals surface area contributed by atoms with Crippen molar-refractivity contribution in [1.82, 2.24) is 10.4 Å². The van der Waals surface area contributed by atoms with Crippen molar-refractivity contribution in [3.05, 3.63) is 54.4 Å². The van der Waals surface area contributed by atoms with Crippen LogP contribution in [0.4, 0.5) is 5.69 Å². The number of amides is 1. The predicted octanol–water partition coefficient (Wildman–Crippen LogP) is 1.79. The lowest BCUT2D eigenvalue weighted by Gasteiger charge is -2.27. The van der Waals surface area contributed by atoms with E-state index in [0.29, 0.717) is 23.7 Å². The van der Waals surface area contributed by atoms with Gasteiger partial charge in [-0.15, -0.1) is 0 Å². The third-order valence-corrected chi connectivity index (χ3v) is 4.79. The smallest absolute Gasteiger partial charge is 0.263 e. The van der Waals surface area contributed by atoms with Gasteiger partial charge in [0.15, 0.2) is 0 Å². The first-order valence-corrected chi connectivity index (χ1v) is 10.1. The zero-order chi connectivity index (χ0) is 19.9. The molecule has 0 spiro atoms.